The smallest absolute Gasteiger partial charge is 0.388 e. The monoisotopic (exact) mass is 998 g/mol. The number of hydrogen-bond donors (Lipinski definition) is 12. The molecule has 1 unspecified atom stereocenters. The lowest BCUT2D eigenvalue weighted by Gasteiger charge is -2.53. The lowest BCUT2D eigenvalue weighted by atomic mass is 9.86. The topological polar surface area (TPSA) is 380 Å². The van der Waals surface area contributed by atoms with Gasteiger partial charge in [0.25, 0.3) is 5.91 Å². The number of aliphatic hydroxyl groups is 5. The van der Waals surface area contributed by atoms with Crippen LogP contribution in [-0.2, 0) is 35.0 Å². The maximum absolute atomic E-state index is 14.1. The van der Waals surface area contributed by atoms with Crippen molar-refractivity contribution in [3.8, 4) is 0 Å². The van der Waals surface area contributed by atoms with Gasteiger partial charge in [-0.15, -0.1) is 9.05 Å². The minimum atomic E-state index is -5.30. The first kappa shape index (κ1) is 50.1. The second-order valence-electron chi connectivity index (χ2n) is 16.8. The SMILES string of the molecule is Cc1cc2c(cc1C)N([C@@](N)(CCc1ccccc1)c1ccccc1)C1C(=O)NC(=O)N=C1N2C[C@H](O)[C@H](O)[C@H](O)CO[P+](O)(O)O[P+](O)(O)OC[C@H]1O[C@@H](n2cnc3c(N)ncnc32)[C@H](O)[C@@H]1O. The number of nitrogens with zero attached hydrogens (tertiary/aromatic N) is 7. The first-order chi connectivity index (χ1) is 32.7. The van der Waals surface area contributed by atoms with Crippen LogP contribution in [0.4, 0.5) is 22.0 Å². The summed E-state index contributed by atoms with van der Waals surface area (Å²) in [5.41, 5.74) is 16.2. The maximum Gasteiger partial charge on any atom is 0.620 e. The van der Waals surface area contributed by atoms with Crippen LogP contribution >= 0.6 is 16.3 Å². The predicted molar refractivity (Wildman–Crippen MR) is 247 cm³/mol. The number of benzene rings is 3. The quantitative estimate of drug-likeness (QED) is 0.0510. The normalized spacial score (nSPS) is 23.0. The number of aryl methyl sites for hydroxylation is 3. The van der Waals surface area contributed by atoms with Crippen molar-refractivity contribution in [3.63, 3.8) is 0 Å². The minimum Gasteiger partial charge on any atom is -0.388 e. The summed E-state index contributed by atoms with van der Waals surface area (Å²) in [4.78, 5) is 88.3. The van der Waals surface area contributed by atoms with Crippen molar-refractivity contribution in [1.82, 2.24) is 24.8 Å². The fourth-order valence-electron chi connectivity index (χ4n) is 8.46. The molecule has 0 bridgehead atoms. The molecule has 25 nitrogen and oxygen atoms in total. The highest BCUT2D eigenvalue weighted by Crippen LogP contribution is 2.70. The molecule has 0 spiro atoms. The summed E-state index contributed by atoms with van der Waals surface area (Å²) in [6, 6.07) is 19.9. The molecule has 5 aromatic rings. The molecule has 2 aromatic heterocycles. The Kier molecular flexibility index (Phi) is 14.4. The van der Waals surface area contributed by atoms with Gasteiger partial charge in [0.2, 0.25) is 0 Å². The van der Waals surface area contributed by atoms with Gasteiger partial charge in [-0.1, -0.05) is 60.7 Å². The van der Waals surface area contributed by atoms with Gasteiger partial charge in [-0.2, -0.15) is 24.6 Å². The number of imidazole rings is 1. The van der Waals surface area contributed by atoms with Crippen molar-refractivity contribution in [2.24, 2.45) is 10.7 Å². The third-order valence-electron chi connectivity index (χ3n) is 12.1. The number of urea groups is 1. The van der Waals surface area contributed by atoms with Crippen molar-refractivity contribution in [3.05, 3.63) is 108 Å². The standard InChI is InChI=1S/C42H51N10O15P2/c1-22-15-26-27(16-23(22)2)52(42(44,25-11-7-4-8-12-25)14-13-24-9-5-3-6-10-24)32-38(48-41(59)49-39(32)58)50(26)17-28(53)33(55)29(54)18-64-68(60,61)67-69(62,63)65-19-30-34(56)35(57)40(66-30)51-21-47-31-36(43)45-20-46-37(31)51/h3-12,15-16,20-21,28-30,32-35,40,53-57,60-63H,13-14,17-19,44H2,1-2H3,(H2-,43,45,46,49,58,59)/q+1/p+1/t28-,29+,30+,32?,33-,34+,35+,40+,42-/m0/s1. The number of imide groups is 1. The molecule has 3 aliphatic heterocycles. The van der Waals surface area contributed by atoms with Crippen molar-refractivity contribution in [2.45, 2.75) is 81.2 Å². The molecule has 9 atom stereocenters. The first-order valence-electron chi connectivity index (χ1n) is 21.4. The molecule has 368 valence electrons. The molecule has 0 saturated carbocycles. The van der Waals surface area contributed by atoms with Gasteiger partial charge in [-0.05, 0) is 61.1 Å². The number of carbonyl (C=O) groups excluding carboxylic acids is 2. The minimum absolute atomic E-state index is 0.0390. The molecule has 14 N–H and O–H groups in total. The zero-order valence-electron chi connectivity index (χ0n) is 36.9. The van der Waals surface area contributed by atoms with E-state index in [1.807, 2.05) is 80.6 Å². The fourth-order valence-corrected chi connectivity index (χ4v) is 10.6. The van der Waals surface area contributed by atoms with Gasteiger partial charge in [-0.3, -0.25) is 14.7 Å². The highest BCUT2D eigenvalue weighted by Gasteiger charge is 2.62. The molecule has 0 radical (unpaired) electrons. The summed E-state index contributed by atoms with van der Waals surface area (Å²) in [5, 5.41) is 57.3. The highest BCUT2D eigenvalue weighted by atomic mass is 31.3. The van der Waals surface area contributed by atoms with Crippen LogP contribution in [0.3, 0.4) is 0 Å². The second kappa shape index (κ2) is 19.8. The Labute approximate surface area is 394 Å². The lowest BCUT2D eigenvalue weighted by Crippen LogP contribution is -2.71. The largest absolute Gasteiger partial charge is 0.620 e. The molecule has 1 fully saturated rings. The molecule has 8 rings (SSSR count). The van der Waals surface area contributed by atoms with E-state index < -0.39 is 103 Å². The van der Waals surface area contributed by atoms with E-state index in [0.29, 0.717) is 23.4 Å². The average Bonchev–Trinajstić information content (AvgIpc) is 3.87. The number of amides is 3. The molecule has 3 aromatic carbocycles. The van der Waals surface area contributed by atoms with Crippen LogP contribution in [0.15, 0.2) is 90.4 Å². The number of aliphatic hydroxyl groups excluding tert-OH is 5. The van der Waals surface area contributed by atoms with Gasteiger partial charge in [0.15, 0.2) is 23.7 Å². The van der Waals surface area contributed by atoms with Gasteiger partial charge in [0.1, 0.15) is 73.2 Å². The third kappa shape index (κ3) is 10.3. The number of anilines is 3. The number of fused-ring (bicyclic) bond motifs is 3. The van der Waals surface area contributed by atoms with Crippen molar-refractivity contribution in [1.29, 1.82) is 0 Å². The summed E-state index contributed by atoms with van der Waals surface area (Å²) in [7, 11) is -10.5. The summed E-state index contributed by atoms with van der Waals surface area (Å²) in [6.07, 6.45) is -9.09. The summed E-state index contributed by atoms with van der Waals surface area (Å²) < 4.78 is 21.3. The molecule has 1 saturated heterocycles. The number of amidine groups is 1. The number of ether oxygens (including phenoxy) is 1. The molecule has 3 aliphatic rings. The van der Waals surface area contributed by atoms with Crippen LogP contribution in [0, 0.1) is 13.8 Å². The summed E-state index contributed by atoms with van der Waals surface area (Å²) >= 11 is 0. The van der Waals surface area contributed by atoms with Crippen LogP contribution in [0.1, 0.15) is 34.9 Å². The molecule has 3 amide bonds. The second-order valence-corrected chi connectivity index (χ2v) is 19.9. The third-order valence-corrected chi connectivity index (χ3v) is 14.8. The Balaban J connectivity index is 0.959. The highest BCUT2D eigenvalue weighted by molar-refractivity contribution is 7.68. The zero-order chi connectivity index (χ0) is 49.6. The van der Waals surface area contributed by atoms with E-state index in [-0.39, 0.29) is 29.2 Å². The van der Waals surface area contributed by atoms with Gasteiger partial charge >= 0.3 is 22.4 Å². The fraction of sp³-hybridized carbons (Fsp3) is 0.381. The Morgan fingerprint density at radius 3 is 2.22 bits per heavy atom. The number of β-amino-alcohol motifs (C(OH)–C–C–N with tert-alkyl or cyclic N) is 1. The van der Waals surface area contributed by atoms with Crippen LogP contribution < -0.4 is 26.6 Å². The van der Waals surface area contributed by atoms with Gasteiger partial charge in [-0.25, -0.2) is 19.7 Å². The number of nitrogens with one attached hydrogen (secondary N) is 1. The molecule has 27 heteroatoms. The Morgan fingerprint density at radius 2 is 1.52 bits per heavy atom. The Bertz CT molecular complexity index is 2710. The van der Waals surface area contributed by atoms with Gasteiger partial charge < -0.3 is 51.5 Å². The van der Waals surface area contributed by atoms with E-state index in [2.05, 4.69) is 29.6 Å². The van der Waals surface area contributed by atoms with Crippen molar-refractivity contribution >= 4 is 62.5 Å². The Hall–Kier alpha value is -5.28. The average molecular weight is 999 g/mol. The number of nitrogen functional groups attached to an aromatic ring is 1. The predicted octanol–water partition coefficient (Wildman–Crippen LogP) is -0.111. The van der Waals surface area contributed by atoms with E-state index in [0.717, 1.165) is 23.0 Å². The van der Waals surface area contributed by atoms with Crippen LogP contribution in [0.5, 0.6) is 0 Å². The van der Waals surface area contributed by atoms with Crippen LogP contribution in [-0.4, -0.2) is 145 Å². The van der Waals surface area contributed by atoms with Crippen molar-refractivity contribution in [2.75, 3.05) is 35.3 Å². The number of hydrogen-bond acceptors (Lipinski definition) is 22. The molecule has 69 heavy (non-hydrogen) atoms. The lowest BCUT2D eigenvalue weighted by molar-refractivity contribution is -0.120. The number of nitrogens with two attached hydrogens (primary N) is 2. The molecule has 0 aliphatic carbocycles. The van der Waals surface area contributed by atoms with E-state index in [1.165, 1.54) is 15.8 Å². The number of carbonyl (C=O) groups is 2. The van der Waals surface area contributed by atoms with Gasteiger partial charge in [0.05, 0.1) is 28.6 Å². The van der Waals surface area contributed by atoms with E-state index in [4.69, 9.17) is 25.3 Å². The summed E-state index contributed by atoms with van der Waals surface area (Å²) in [5.74, 6) is -0.877. The van der Waals surface area contributed by atoms with E-state index in [9.17, 15) is 54.7 Å². The molecule has 5 heterocycles. The number of aliphatic imine (C=N–C) groups is 1. The summed E-state index contributed by atoms with van der Waals surface area (Å²) in [6.45, 7) is 1.03. The van der Waals surface area contributed by atoms with Crippen LogP contribution in [0.2, 0.25) is 0 Å². The Morgan fingerprint density at radius 1 is 0.870 bits per heavy atom. The van der Waals surface area contributed by atoms with Crippen molar-refractivity contribution < 1.29 is 72.8 Å². The molecular weight excluding hydrogens is 946 g/mol. The number of aromatic nitrogens is 4. The van der Waals surface area contributed by atoms with E-state index >= 15 is 0 Å². The zero-order valence-corrected chi connectivity index (χ0v) is 38.7. The molecular formula is C42H52N10O15P2+2. The van der Waals surface area contributed by atoms with E-state index in [1.54, 1.807) is 11.0 Å². The maximum atomic E-state index is 14.1. The first-order valence-corrected chi connectivity index (χ1v) is 24.4. The van der Waals surface area contributed by atoms with Crippen LogP contribution in [0.25, 0.3) is 11.2 Å². The van der Waals surface area contributed by atoms with Gasteiger partial charge in [0, 0.05) is 0 Å². The number of rotatable bonds is 18.